The Balaban J connectivity index is 1.61. The summed E-state index contributed by atoms with van der Waals surface area (Å²) in [5.74, 6) is 0.291. The highest BCUT2D eigenvalue weighted by Crippen LogP contribution is 2.22. The smallest absolute Gasteiger partial charge is 0.236 e. The number of carbonyl (C=O) groups is 1. The van der Waals surface area contributed by atoms with E-state index < -0.39 is 0 Å². The molecule has 0 saturated carbocycles. The molecule has 0 bridgehead atoms. The van der Waals surface area contributed by atoms with E-state index in [1.807, 2.05) is 4.90 Å². The zero-order chi connectivity index (χ0) is 11.0. The van der Waals surface area contributed by atoms with Gasteiger partial charge >= 0.3 is 0 Å². The second-order valence-corrected chi connectivity index (χ2v) is 4.65. The second-order valence-electron chi connectivity index (χ2n) is 4.65. The zero-order valence-electron chi connectivity index (χ0n) is 9.35. The van der Waals surface area contributed by atoms with Crippen LogP contribution in [0.15, 0.2) is 24.3 Å². The average molecular weight is 216 g/mol. The van der Waals surface area contributed by atoms with Gasteiger partial charge in [-0.2, -0.15) is 0 Å². The van der Waals surface area contributed by atoms with Gasteiger partial charge in [-0.15, -0.1) is 0 Å². The van der Waals surface area contributed by atoms with Gasteiger partial charge in [-0.05, 0) is 17.5 Å². The minimum Gasteiger partial charge on any atom is -0.341 e. The molecule has 1 saturated heterocycles. The minimum absolute atomic E-state index is 0.291. The summed E-state index contributed by atoms with van der Waals surface area (Å²) >= 11 is 0. The summed E-state index contributed by atoms with van der Waals surface area (Å²) in [6, 6.07) is 8.45. The molecule has 84 valence electrons. The van der Waals surface area contributed by atoms with Crippen molar-refractivity contribution in [2.24, 2.45) is 0 Å². The lowest BCUT2D eigenvalue weighted by Crippen LogP contribution is -2.46. The third-order valence-electron chi connectivity index (χ3n) is 3.47. The van der Waals surface area contributed by atoms with E-state index in [2.05, 4.69) is 29.2 Å². The molecule has 0 N–H and O–H groups in total. The van der Waals surface area contributed by atoms with Crippen molar-refractivity contribution in [1.82, 2.24) is 9.80 Å². The third-order valence-corrected chi connectivity index (χ3v) is 3.47. The number of benzene rings is 1. The molecular weight excluding hydrogens is 200 g/mol. The largest absolute Gasteiger partial charge is 0.341 e. The van der Waals surface area contributed by atoms with Gasteiger partial charge in [0.25, 0.3) is 0 Å². The van der Waals surface area contributed by atoms with Gasteiger partial charge in [-0.1, -0.05) is 24.3 Å². The lowest BCUT2D eigenvalue weighted by atomic mass is 10.1. The van der Waals surface area contributed by atoms with Crippen molar-refractivity contribution in [2.45, 2.75) is 19.5 Å². The first-order valence-corrected chi connectivity index (χ1v) is 5.90. The molecule has 2 aliphatic rings. The van der Waals surface area contributed by atoms with Crippen LogP contribution in [0.2, 0.25) is 0 Å². The highest BCUT2D eigenvalue weighted by molar-refractivity contribution is 5.79. The number of rotatable bonds is 2. The van der Waals surface area contributed by atoms with Crippen molar-refractivity contribution in [2.75, 3.05) is 19.6 Å². The van der Waals surface area contributed by atoms with E-state index in [1.165, 1.54) is 17.5 Å². The van der Waals surface area contributed by atoms with Crippen LogP contribution in [0.5, 0.6) is 0 Å². The molecule has 0 aromatic heterocycles. The minimum atomic E-state index is 0.291. The fourth-order valence-electron chi connectivity index (χ4n) is 2.37. The van der Waals surface area contributed by atoms with E-state index in [0.29, 0.717) is 12.5 Å². The highest BCUT2D eigenvalue weighted by atomic mass is 16.2. The van der Waals surface area contributed by atoms with E-state index in [4.69, 9.17) is 0 Å². The molecule has 3 rings (SSSR count). The Hall–Kier alpha value is -1.35. The molecule has 3 heteroatoms. The van der Waals surface area contributed by atoms with Gasteiger partial charge in [0.2, 0.25) is 5.91 Å². The first-order valence-electron chi connectivity index (χ1n) is 5.90. The molecule has 3 nitrogen and oxygen atoms in total. The van der Waals surface area contributed by atoms with E-state index in [-0.39, 0.29) is 0 Å². The predicted octanol–water partition coefficient (Wildman–Crippen LogP) is 1.23. The Bertz CT molecular complexity index is 387. The van der Waals surface area contributed by atoms with Gasteiger partial charge < -0.3 is 4.90 Å². The Morgan fingerprint density at radius 1 is 1.12 bits per heavy atom. The van der Waals surface area contributed by atoms with Crippen LogP contribution in [-0.4, -0.2) is 35.3 Å². The number of nitrogens with zero attached hydrogens (tertiary/aromatic N) is 2. The van der Waals surface area contributed by atoms with Gasteiger partial charge in [0.1, 0.15) is 0 Å². The van der Waals surface area contributed by atoms with Crippen LogP contribution in [0.3, 0.4) is 0 Å². The average Bonchev–Trinajstić information content (AvgIpc) is 2.56. The number of hydrogen-bond acceptors (Lipinski definition) is 2. The lowest BCUT2D eigenvalue weighted by Gasteiger charge is -2.32. The third kappa shape index (κ3) is 1.71. The standard InChI is InChI=1S/C13H16N2O/c16-13(15-6-3-7-15)10-14-8-11-4-1-2-5-12(11)9-14/h1-2,4-5H,3,6-10H2. The van der Waals surface area contributed by atoms with Crippen LogP contribution in [0, 0.1) is 0 Å². The van der Waals surface area contributed by atoms with Crippen molar-refractivity contribution < 1.29 is 4.79 Å². The summed E-state index contributed by atoms with van der Waals surface area (Å²) in [6.07, 6.45) is 1.17. The van der Waals surface area contributed by atoms with E-state index in [1.54, 1.807) is 0 Å². The second kappa shape index (κ2) is 3.91. The quantitative estimate of drug-likeness (QED) is 0.742. The molecule has 0 radical (unpaired) electrons. The Kier molecular flexibility index (Phi) is 2.40. The molecule has 0 atom stereocenters. The first kappa shape index (κ1) is 9.85. The van der Waals surface area contributed by atoms with Crippen molar-refractivity contribution >= 4 is 5.91 Å². The molecule has 16 heavy (non-hydrogen) atoms. The number of carbonyl (C=O) groups excluding carboxylic acids is 1. The molecule has 2 aliphatic heterocycles. The maximum absolute atomic E-state index is 11.8. The molecule has 1 fully saturated rings. The Labute approximate surface area is 95.7 Å². The predicted molar refractivity (Wildman–Crippen MR) is 61.8 cm³/mol. The summed E-state index contributed by atoms with van der Waals surface area (Å²) in [5, 5.41) is 0. The monoisotopic (exact) mass is 216 g/mol. The van der Waals surface area contributed by atoms with Crippen LogP contribution in [0.25, 0.3) is 0 Å². The fourth-order valence-corrected chi connectivity index (χ4v) is 2.37. The highest BCUT2D eigenvalue weighted by Gasteiger charge is 2.25. The molecule has 1 aromatic rings. The van der Waals surface area contributed by atoms with Crippen molar-refractivity contribution in [3.63, 3.8) is 0 Å². The normalized spacial score (nSPS) is 19.4. The summed E-state index contributed by atoms with van der Waals surface area (Å²) in [6.45, 7) is 4.35. The number of likely N-dealkylation sites (tertiary alicyclic amines) is 1. The fraction of sp³-hybridized carbons (Fsp3) is 0.462. The van der Waals surface area contributed by atoms with Crippen LogP contribution >= 0.6 is 0 Å². The summed E-state index contributed by atoms with van der Waals surface area (Å²) in [4.78, 5) is 16.0. The SMILES string of the molecule is O=C(CN1Cc2ccccc2C1)N1CCC1. The van der Waals surface area contributed by atoms with Crippen LogP contribution in [0.1, 0.15) is 17.5 Å². The molecule has 1 aromatic carbocycles. The van der Waals surface area contributed by atoms with Crippen molar-refractivity contribution in [1.29, 1.82) is 0 Å². The van der Waals surface area contributed by atoms with Gasteiger partial charge in [0, 0.05) is 26.2 Å². The summed E-state index contributed by atoms with van der Waals surface area (Å²) in [5.41, 5.74) is 2.75. The van der Waals surface area contributed by atoms with Gasteiger partial charge in [0.15, 0.2) is 0 Å². The number of hydrogen-bond donors (Lipinski definition) is 0. The van der Waals surface area contributed by atoms with Crippen molar-refractivity contribution in [3.8, 4) is 0 Å². The molecule has 0 spiro atoms. The summed E-state index contributed by atoms with van der Waals surface area (Å²) in [7, 11) is 0. The topological polar surface area (TPSA) is 23.6 Å². The van der Waals surface area contributed by atoms with E-state index in [0.717, 1.165) is 26.2 Å². The Morgan fingerprint density at radius 3 is 2.25 bits per heavy atom. The molecule has 2 heterocycles. The maximum Gasteiger partial charge on any atom is 0.236 e. The zero-order valence-corrected chi connectivity index (χ0v) is 9.35. The van der Waals surface area contributed by atoms with E-state index >= 15 is 0 Å². The number of fused-ring (bicyclic) bond motifs is 1. The van der Waals surface area contributed by atoms with Gasteiger partial charge in [-0.25, -0.2) is 0 Å². The van der Waals surface area contributed by atoms with Crippen LogP contribution in [0.4, 0.5) is 0 Å². The molecular formula is C13H16N2O. The van der Waals surface area contributed by atoms with Crippen molar-refractivity contribution in [3.05, 3.63) is 35.4 Å². The van der Waals surface area contributed by atoms with E-state index in [9.17, 15) is 4.79 Å². The Morgan fingerprint density at radius 2 is 1.75 bits per heavy atom. The van der Waals surface area contributed by atoms with Gasteiger partial charge in [-0.3, -0.25) is 9.69 Å². The number of amides is 1. The molecule has 1 amide bonds. The maximum atomic E-state index is 11.8. The molecule has 0 aliphatic carbocycles. The summed E-state index contributed by atoms with van der Waals surface area (Å²) < 4.78 is 0. The van der Waals surface area contributed by atoms with Crippen LogP contribution in [-0.2, 0) is 17.9 Å². The first-order chi connectivity index (χ1) is 7.83. The lowest BCUT2D eigenvalue weighted by molar-refractivity contribution is -0.135. The molecule has 0 unspecified atom stereocenters. The van der Waals surface area contributed by atoms with Gasteiger partial charge in [0.05, 0.1) is 6.54 Å². The van der Waals surface area contributed by atoms with Crippen LogP contribution < -0.4 is 0 Å².